The van der Waals surface area contributed by atoms with Crippen molar-refractivity contribution < 1.29 is 36.6 Å². The van der Waals surface area contributed by atoms with Gasteiger partial charge >= 0.3 is 6.36 Å². The van der Waals surface area contributed by atoms with Crippen LogP contribution in [0.5, 0.6) is 23.0 Å². The molecule has 2 aromatic carbocycles. The average Bonchev–Trinajstić information content (AvgIpc) is 3.16. The lowest BCUT2D eigenvalue weighted by atomic mass is 10.1. The first-order valence-corrected chi connectivity index (χ1v) is 7.85. The fourth-order valence-corrected chi connectivity index (χ4v) is 2.47. The van der Waals surface area contributed by atoms with Gasteiger partial charge in [0.25, 0.3) is 5.89 Å². The van der Waals surface area contributed by atoms with Crippen LogP contribution in [0.25, 0.3) is 22.8 Å². The molecular formula is C18H15F3N2O5. The van der Waals surface area contributed by atoms with Gasteiger partial charge in [-0.05, 0) is 36.4 Å². The summed E-state index contributed by atoms with van der Waals surface area (Å²) >= 11 is 0. The Hall–Kier alpha value is -3.43. The van der Waals surface area contributed by atoms with E-state index < -0.39 is 6.36 Å². The molecule has 0 aliphatic heterocycles. The molecule has 0 saturated carbocycles. The van der Waals surface area contributed by atoms with Crippen molar-refractivity contribution in [2.45, 2.75) is 6.36 Å². The normalized spacial score (nSPS) is 11.2. The van der Waals surface area contributed by atoms with Crippen LogP contribution in [0.4, 0.5) is 13.2 Å². The molecule has 0 radical (unpaired) electrons. The largest absolute Gasteiger partial charge is 0.573 e. The number of rotatable bonds is 6. The van der Waals surface area contributed by atoms with Crippen LogP contribution >= 0.6 is 0 Å². The molecule has 0 atom stereocenters. The highest BCUT2D eigenvalue weighted by atomic mass is 19.4. The van der Waals surface area contributed by atoms with E-state index in [1.165, 1.54) is 33.5 Å². The van der Waals surface area contributed by atoms with Gasteiger partial charge in [-0.1, -0.05) is 5.16 Å². The third kappa shape index (κ3) is 4.11. The smallest absolute Gasteiger partial charge is 0.493 e. The maximum absolute atomic E-state index is 12.2. The lowest BCUT2D eigenvalue weighted by Crippen LogP contribution is -2.16. The number of benzene rings is 2. The van der Waals surface area contributed by atoms with E-state index in [1.807, 2.05) is 0 Å². The second-order valence-electron chi connectivity index (χ2n) is 5.41. The second kappa shape index (κ2) is 7.67. The maximum Gasteiger partial charge on any atom is 0.573 e. The van der Waals surface area contributed by atoms with Gasteiger partial charge in [-0.15, -0.1) is 13.2 Å². The first-order valence-electron chi connectivity index (χ1n) is 7.85. The molecule has 0 amide bonds. The van der Waals surface area contributed by atoms with E-state index in [0.717, 1.165) is 12.1 Å². The Morgan fingerprint density at radius 2 is 1.46 bits per heavy atom. The quantitative estimate of drug-likeness (QED) is 0.614. The molecule has 1 aromatic heterocycles. The molecule has 0 unspecified atom stereocenters. The van der Waals surface area contributed by atoms with Crippen molar-refractivity contribution in [3.8, 4) is 45.8 Å². The highest BCUT2D eigenvalue weighted by Gasteiger charge is 2.31. The Balaban J connectivity index is 1.90. The lowest BCUT2D eigenvalue weighted by molar-refractivity contribution is -0.274. The Morgan fingerprint density at radius 3 is 1.96 bits per heavy atom. The third-order valence-corrected chi connectivity index (χ3v) is 3.68. The van der Waals surface area contributed by atoms with E-state index in [0.29, 0.717) is 28.4 Å². The van der Waals surface area contributed by atoms with Crippen LogP contribution in [0, 0.1) is 0 Å². The van der Waals surface area contributed by atoms with Gasteiger partial charge in [0, 0.05) is 11.1 Å². The second-order valence-corrected chi connectivity index (χ2v) is 5.41. The van der Waals surface area contributed by atoms with Gasteiger partial charge in [0.2, 0.25) is 11.6 Å². The molecule has 1 heterocycles. The van der Waals surface area contributed by atoms with E-state index in [2.05, 4.69) is 14.9 Å². The van der Waals surface area contributed by atoms with Crippen molar-refractivity contribution in [1.82, 2.24) is 10.1 Å². The number of hydrogen-bond donors (Lipinski definition) is 0. The number of ether oxygens (including phenoxy) is 4. The standard InChI is InChI=1S/C18H15F3N2O5/c1-24-13-8-11(9-14(25-2)15(13)26-3)17-22-16(23-28-17)10-4-6-12(7-5-10)27-18(19,20)21/h4-9H,1-3H3. The van der Waals surface area contributed by atoms with Gasteiger partial charge < -0.3 is 23.5 Å². The van der Waals surface area contributed by atoms with E-state index >= 15 is 0 Å². The van der Waals surface area contributed by atoms with Crippen molar-refractivity contribution in [2.75, 3.05) is 21.3 Å². The molecule has 7 nitrogen and oxygen atoms in total. The Kier molecular flexibility index (Phi) is 5.30. The van der Waals surface area contributed by atoms with E-state index in [9.17, 15) is 13.2 Å². The van der Waals surface area contributed by atoms with Crippen molar-refractivity contribution in [3.05, 3.63) is 36.4 Å². The van der Waals surface area contributed by atoms with Crippen molar-refractivity contribution in [1.29, 1.82) is 0 Å². The Morgan fingerprint density at radius 1 is 0.857 bits per heavy atom. The number of halogens is 3. The SMILES string of the molecule is COc1cc(-c2nc(-c3ccc(OC(F)(F)F)cc3)no2)cc(OC)c1OC. The molecule has 0 fully saturated rings. The summed E-state index contributed by atoms with van der Waals surface area (Å²) in [5.74, 6) is 1.25. The molecule has 3 aromatic rings. The minimum Gasteiger partial charge on any atom is -0.493 e. The molecule has 0 bridgehead atoms. The van der Waals surface area contributed by atoms with Crippen LogP contribution in [-0.2, 0) is 0 Å². The molecule has 0 N–H and O–H groups in total. The summed E-state index contributed by atoms with van der Waals surface area (Å²) in [6.07, 6.45) is -4.76. The number of alkyl halides is 3. The molecule has 10 heteroatoms. The predicted octanol–water partition coefficient (Wildman–Crippen LogP) is 4.33. The summed E-state index contributed by atoms with van der Waals surface area (Å²) in [5, 5.41) is 3.86. The topological polar surface area (TPSA) is 75.8 Å². The molecule has 28 heavy (non-hydrogen) atoms. The van der Waals surface area contributed by atoms with Crippen molar-refractivity contribution in [2.24, 2.45) is 0 Å². The zero-order valence-corrected chi connectivity index (χ0v) is 15.0. The Bertz CT molecular complexity index is 930. The zero-order valence-electron chi connectivity index (χ0n) is 15.0. The maximum atomic E-state index is 12.2. The summed E-state index contributed by atoms with van der Waals surface area (Å²) in [6, 6.07) is 8.39. The van der Waals surface area contributed by atoms with E-state index in [1.54, 1.807) is 12.1 Å². The van der Waals surface area contributed by atoms with Gasteiger partial charge in [0.1, 0.15) is 5.75 Å². The molecule has 0 aliphatic rings. The summed E-state index contributed by atoms with van der Waals surface area (Å²) in [6.45, 7) is 0. The predicted molar refractivity (Wildman–Crippen MR) is 91.5 cm³/mol. The summed E-state index contributed by atoms with van der Waals surface area (Å²) in [4.78, 5) is 4.27. The van der Waals surface area contributed by atoms with Crippen LogP contribution in [0.1, 0.15) is 0 Å². The molecule has 0 spiro atoms. The summed E-state index contributed by atoms with van der Waals surface area (Å²) in [7, 11) is 4.44. The lowest BCUT2D eigenvalue weighted by Gasteiger charge is -2.12. The Labute approximate surface area is 157 Å². The van der Waals surface area contributed by atoms with Crippen molar-refractivity contribution >= 4 is 0 Å². The monoisotopic (exact) mass is 396 g/mol. The number of methoxy groups -OCH3 is 3. The summed E-state index contributed by atoms with van der Waals surface area (Å²) in [5.41, 5.74) is 0.974. The first kappa shape index (κ1) is 19.3. The molecular weight excluding hydrogens is 381 g/mol. The highest BCUT2D eigenvalue weighted by molar-refractivity contribution is 5.67. The third-order valence-electron chi connectivity index (χ3n) is 3.68. The van der Waals surface area contributed by atoms with Gasteiger partial charge in [-0.3, -0.25) is 0 Å². The van der Waals surface area contributed by atoms with Crippen LogP contribution in [0.3, 0.4) is 0 Å². The minimum absolute atomic E-state index is 0.171. The van der Waals surface area contributed by atoms with E-state index in [-0.39, 0.29) is 17.5 Å². The zero-order chi connectivity index (χ0) is 20.3. The number of aromatic nitrogens is 2. The van der Waals surface area contributed by atoms with Gasteiger partial charge in [0.05, 0.1) is 21.3 Å². The molecule has 0 saturated heterocycles. The van der Waals surface area contributed by atoms with E-state index in [4.69, 9.17) is 18.7 Å². The number of nitrogens with zero attached hydrogens (tertiary/aromatic N) is 2. The minimum atomic E-state index is -4.76. The van der Waals surface area contributed by atoms with Gasteiger partial charge in [-0.25, -0.2) is 0 Å². The van der Waals surface area contributed by atoms with Crippen LogP contribution in [-0.4, -0.2) is 37.8 Å². The van der Waals surface area contributed by atoms with Crippen LogP contribution in [0.2, 0.25) is 0 Å². The number of hydrogen-bond acceptors (Lipinski definition) is 7. The summed E-state index contributed by atoms with van der Waals surface area (Å²) < 4.78 is 61.7. The molecule has 0 aliphatic carbocycles. The highest BCUT2D eigenvalue weighted by Crippen LogP contribution is 2.41. The molecule has 148 valence electrons. The first-order chi connectivity index (χ1) is 13.3. The van der Waals surface area contributed by atoms with Gasteiger partial charge in [-0.2, -0.15) is 4.98 Å². The van der Waals surface area contributed by atoms with Crippen LogP contribution in [0.15, 0.2) is 40.9 Å². The van der Waals surface area contributed by atoms with Gasteiger partial charge in [0.15, 0.2) is 11.5 Å². The molecule has 3 rings (SSSR count). The van der Waals surface area contributed by atoms with Crippen molar-refractivity contribution in [3.63, 3.8) is 0 Å². The fraction of sp³-hybridized carbons (Fsp3) is 0.222. The average molecular weight is 396 g/mol. The van der Waals surface area contributed by atoms with Crippen LogP contribution < -0.4 is 18.9 Å². The fourth-order valence-electron chi connectivity index (χ4n) is 2.47.